The summed E-state index contributed by atoms with van der Waals surface area (Å²) in [5.74, 6) is 0. The first-order valence-electron chi connectivity index (χ1n) is 13.3. The number of rotatable bonds is 2. The van der Waals surface area contributed by atoms with Crippen LogP contribution in [-0.4, -0.2) is 9.13 Å². The first-order chi connectivity index (χ1) is 19.3. The highest BCUT2D eigenvalue weighted by molar-refractivity contribution is 7.21. The van der Waals surface area contributed by atoms with Crippen molar-refractivity contribution in [2.45, 2.75) is 0 Å². The average molecular weight is 515 g/mol. The molecule has 0 spiro atoms. The molecule has 9 rings (SSSR count). The van der Waals surface area contributed by atoms with Gasteiger partial charge in [0.25, 0.3) is 0 Å². The number of aromatic nitrogens is 2. The average Bonchev–Trinajstić information content (AvgIpc) is 3.65. The molecule has 0 bridgehead atoms. The molecule has 2 nitrogen and oxygen atoms in total. The highest BCUT2D eigenvalue weighted by atomic mass is 32.1. The van der Waals surface area contributed by atoms with E-state index in [9.17, 15) is 0 Å². The van der Waals surface area contributed by atoms with E-state index < -0.39 is 0 Å². The Labute approximate surface area is 228 Å². The van der Waals surface area contributed by atoms with Crippen LogP contribution in [0, 0.1) is 0 Å². The molecule has 6 aromatic carbocycles. The minimum Gasteiger partial charge on any atom is -0.309 e. The van der Waals surface area contributed by atoms with E-state index in [1.54, 1.807) is 0 Å². The summed E-state index contributed by atoms with van der Waals surface area (Å²) in [5.41, 5.74) is 6.15. The van der Waals surface area contributed by atoms with Crippen LogP contribution in [0.5, 0.6) is 0 Å². The molecular weight excluding hydrogens is 492 g/mol. The van der Waals surface area contributed by atoms with E-state index in [1.165, 1.54) is 75.2 Å². The van der Waals surface area contributed by atoms with E-state index in [0.29, 0.717) is 0 Å². The van der Waals surface area contributed by atoms with Gasteiger partial charge in [-0.1, -0.05) is 72.8 Å². The monoisotopic (exact) mass is 514 g/mol. The van der Waals surface area contributed by atoms with E-state index in [2.05, 4.69) is 143 Å². The smallest absolute Gasteiger partial charge is 0.101 e. The predicted octanol–water partition coefficient (Wildman–Crippen LogP) is 10.2. The van der Waals surface area contributed by atoms with Crippen LogP contribution in [0.1, 0.15) is 0 Å². The first-order valence-corrected chi connectivity index (χ1v) is 14.1. The van der Waals surface area contributed by atoms with Crippen molar-refractivity contribution in [3.05, 3.63) is 133 Å². The second kappa shape index (κ2) is 7.83. The minimum atomic E-state index is 1.18. The molecule has 0 fully saturated rings. The van der Waals surface area contributed by atoms with Gasteiger partial charge in [0.15, 0.2) is 0 Å². The zero-order valence-electron chi connectivity index (χ0n) is 21.0. The van der Waals surface area contributed by atoms with Crippen molar-refractivity contribution in [3.63, 3.8) is 0 Å². The van der Waals surface area contributed by atoms with Crippen molar-refractivity contribution in [2.24, 2.45) is 0 Å². The molecule has 0 saturated heterocycles. The lowest BCUT2D eigenvalue weighted by atomic mass is 10.0. The number of nitrogens with zero attached hydrogens (tertiary/aromatic N) is 2. The number of hydrogen-bond donors (Lipinski definition) is 0. The van der Waals surface area contributed by atoms with Crippen molar-refractivity contribution in [1.29, 1.82) is 0 Å². The molecule has 0 aliphatic carbocycles. The molecule has 0 N–H and O–H groups in total. The largest absolute Gasteiger partial charge is 0.309 e. The van der Waals surface area contributed by atoms with Gasteiger partial charge in [-0.2, -0.15) is 0 Å². The summed E-state index contributed by atoms with van der Waals surface area (Å²) in [6.45, 7) is 0. The third-order valence-electron chi connectivity index (χ3n) is 8.07. The molecule has 0 unspecified atom stereocenters. The quantitative estimate of drug-likeness (QED) is 0.217. The Kier molecular flexibility index (Phi) is 4.24. The summed E-state index contributed by atoms with van der Waals surface area (Å²) in [7, 11) is 0. The summed E-state index contributed by atoms with van der Waals surface area (Å²) < 4.78 is 6.16. The van der Waals surface area contributed by atoms with Gasteiger partial charge in [0, 0.05) is 31.9 Å². The van der Waals surface area contributed by atoms with Gasteiger partial charge >= 0.3 is 0 Å². The van der Waals surface area contributed by atoms with Crippen molar-refractivity contribution in [1.82, 2.24) is 9.13 Å². The van der Waals surface area contributed by atoms with Gasteiger partial charge < -0.3 is 9.13 Å². The zero-order chi connectivity index (χ0) is 25.5. The maximum absolute atomic E-state index is 2.45. The number of thiophene rings is 1. The molecule has 3 aromatic heterocycles. The molecule has 0 aliphatic rings. The van der Waals surface area contributed by atoms with Gasteiger partial charge in [-0.3, -0.25) is 0 Å². The van der Waals surface area contributed by atoms with Crippen LogP contribution in [0.4, 0.5) is 0 Å². The molecule has 3 heteroatoms. The maximum atomic E-state index is 2.45. The van der Waals surface area contributed by atoms with Crippen LogP contribution in [0.25, 0.3) is 75.2 Å². The molecule has 0 saturated carbocycles. The van der Waals surface area contributed by atoms with E-state index in [4.69, 9.17) is 0 Å². The van der Waals surface area contributed by atoms with E-state index in [0.717, 1.165) is 0 Å². The molecule has 9 aromatic rings. The minimum absolute atomic E-state index is 1.18. The lowest BCUT2D eigenvalue weighted by Crippen LogP contribution is -1.93. The molecule has 39 heavy (non-hydrogen) atoms. The Bertz CT molecular complexity index is 2350. The second-order valence-electron chi connectivity index (χ2n) is 10.2. The van der Waals surface area contributed by atoms with E-state index in [-0.39, 0.29) is 0 Å². The summed E-state index contributed by atoms with van der Waals surface area (Å²) in [5, 5.41) is 10.2. The summed E-state index contributed by atoms with van der Waals surface area (Å²) in [6.07, 6.45) is 0. The Morgan fingerprint density at radius 3 is 1.67 bits per heavy atom. The molecule has 0 amide bonds. The van der Waals surface area contributed by atoms with Crippen molar-refractivity contribution < 1.29 is 0 Å². The summed E-state index contributed by atoms with van der Waals surface area (Å²) >= 11 is 1.85. The van der Waals surface area contributed by atoms with Crippen LogP contribution in [0.15, 0.2) is 133 Å². The predicted molar refractivity (Wildman–Crippen MR) is 168 cm³/mol. The van der Waals surface area contributed by atoms with Gasteiger partial charge in [-0.25, -0.2) is 0 Å². The van der Waals surface area contributed by atoms with Gasteiger partial charge in [0.2, 0.25) is 0 Å². The normalized spacial score (nSPS) is 12.1. The van der Waals surface area contributed by atoms with Crippen LogP contribution in [-0.2, 0) is 0 Å². The van der Waals surface area contributed by atoms with E-state index >= 15 is 0 Å². The highest BCUT2D eigenvalue weighted by Crippen LogP contribution is 2.40. The van der Waals surface area contributed by atoms with Crippen LogP contribution in [0.3, 0.4) is 0 Å². The van der Waals surface area contributed by atoms with Crippen LogP contribution >= 0.6 is 11.3 Å². The van der Waals surface area contributed by atoms with Gasteiger partial charge in [-0.15, -0.1) is 11.3 Å². The third-order valence-corrected chi connectivity index (χ3v) is 9.17. The second-order valence-corrected chi connectivity index (χ2v) is 11.3. The Morgan fingerprint density at radius 2 is 0.949 bits per heavy atom. The Morgan fingerprint density at radius 1 is 0.385 bits per heavy atom. The zero-order valence-corrected chi connectivity index (χ0v) is 21.8. The standard InChI is InChI=1S/C36H22N2S/c1-2-11-26(12-3-1)37-31-15-7-5-13-27(31)29-18-24-19-30-28-14-6-8-16-32(28)38(34(30)21-25(24)20-33(29)37)36-22-23-10-4-9-17-35(23)39-36/h1-22H. The number of para-hydroxylation sites is 3. The molecule has 0 atom stereocenters. The van der Waals surface area contributed by atoms with Crippen molar-refractivity contribution >= 4 is 75.8 Å². The molecular formula is C36H22N2S. The van der Waals surface area contributed by atoms with Crippen molar-refractivity contribution in [3.8, 4) is 10.7 Å². The van der Waals surface area contributed by atoms with Gasteiger partial charge in [-0.05, 0) is 76.8 Å². The fourth-order valence-corrected chi connectivity index (χ4v) is 7.44. The van der Waals surface area contributed by atoms with Gasteiger partial charge in [0.05, 0.1) is 22.1 Å². The molecule has 3 heterocycles. The SMILES string of the molecule is c1ccc(-n2c3ccccc3c3cc4cc5c6ccccc6n(-c6cc7ccccc7s6)c5cc4cc32)cc1. The molecule has 0 aliphatic heterocycles. The first kappa shape index (κ1) is 21.1. The lowest BCUT2D eigenvalue weighted by molar-refractivity contribution is 1.18. The highest BCUT2D eigenvalue weighted by Gasteiger charge is 2.17. The lowest BCUT2D eigenvalue weighted by Gasteiger charge is -2.09. The topological polar surface area (TPSA) is 9.86 Å². The Hall–Kier alpha value is -4.86. The Balaban J connectivity index is 1.42. The summed E-state index contributed by atoms with van der Waals surface area (Å²) in [4.78, 5) is 0. The summed E-state index contributed by atoms with van der Waals surface area (Å²) in [6, 6.07) is 48.8. The number of benzene rings is 6. The number of hydrogen-bond acceptors (Lipinski definition) is 1. The molecule has 182 valence electrons. The van der Waals surface area contributed by atoms with Crippen molar-refractivity contribution in [2.75, 3.05) is 0 Å². The van der Waals surface area contributed by atoms with Crippen LogP contribution < -0.4 is 0 Å². The number of fused-ring (bicyclic) bond motifs is 8. The molecule has 0 radical (unpaired) electrons. The van der Waals surface area contributed by atoms with Gasteiger partial charge in [0.1, 0.15) is 5.00 Å². The fraction of sp³-hybridized carbons (Fsp3) is 0. The maximum Gasteiger partial charge on any atom is 0.101 e. The van der Waals surface area contributed by atoms with E-state index in [1.807, 2.05) is 11.3 Å². The third kappa shape index (κ3) is 2.96. The van der Waals surface area contributed by atoms with Crippen LogP contribution in [0.2, 0.25) is 0 Å². The fourth-order valence-electron chi connectivity index (χ4n) is 6.35.